The molecule has 0 amide bonds. The Kier molecular flexibility index (Phi) is 4.77. The van der Waals surface area contributed by atoms with Crippen LogP contribution < -0.4 is 16.0 Å². The first-order chi connectivity index (χ1) is 9.65. The largest absolute Gasteiger partial charge is 0.496 e. The number of methoxy groups -OCH3 is 1. The van der Waals surface area contributed by atoms with E-state index in [9.17, 15) is 0 Å². The van der Waals surface area contributed by atoms with E-state index in [-0.39, 0.29) is 6.04 Å². The summed E-state index contributed by atoms with van der Waals surface area (Å²) in [6.45, 7) is 4.16. The summed E-state index contributed by atoms with van der Waals surface area (Å²) in [4.78, 5) is 0. The Balaban J connectivity index is 2.26. The third-order valence-corrected chi connectivity index (χ3v) is 3.72. The number of nitrogens with two attached hydrogens (primary N) is 1. The molecule has 3 nitrogen and oxygen atoms in total. The Morgan fingerprint density at radius 1 is 1.10 bits per heavy atom. The van der Waals surface area contributed by atoms with Crippen molar-refractivity contribution in [3.8, 4) is 5.75 Å². The van der Waals surface area contributed by atoms with Crippen molar-refractivity contribution in [3.63, 3.8) is 0 Å². The van der Waals surface area contributed by atoms with Crippen molar-refractivity contribution in [1.29, 1.82) is 0 Å². The third-order valence-electron chi connectivity index (χ3n) is 3.72. The van der Waals surface area contributed by atoms with Gasteiger partial charge >= 0.3 is 0 Å². The van der Waals surface area contributed by atoms with Crippen molar-refractivity contribution in [2.75, 3.05) is 7.11 Å². The molecule has 0 spiro atoms. The topological polar surface area (TPSA) is 47.3 Å². The van der Waals surface area contributed by atoms with Crippen LogP contribution in [0.1, 0.15) is 28.3 Å². The number of ether oxygens (including phenoxy) is 1. The van der Waals surface area contributed by atoms with Gasteiger partial charge in [0.25, 0.3) is 0 Å². The first-order valence-electron chi connectivity index (χ1n) is 6.81. The van der Waals surface area contributed by atoms with E-state index >= 15 is 0 Å². The fourth-order valence-electron chi connectivity index (χ4n) is 2.39. The fraction of sp³-hybridized carbons (Fsp3) is 0.294. The van der Waals surface area contributed by atoms with E-state index in [1.165, 1.54) is 11.1 Å². The molecule has 0 aliphatic rings. The summed E-state index contributed by atoms with van der Waals surface area (Å²) < 4.78 is 5.39. The minimum Gasteiger partial charge on any atom is -0.496 e. The Morgan fingerprint density at radius 3 is 2.50 bits per heavy atom. The van der Waals surface area contributed by atoms with Crippen LogP contribution in [0.2, 0.25) is 0 Å². The Labute approximate surface area is 120 Å². The maximum atomic E-state index is 5.74. The van der Waals surface area contributed by atoms with E-state index in [1.807, 2.05) is 6.92 Å². The third kappa shape index (κ3) is 3.18. The summed E-state index contributed by atoms with van der Waals surface area (Å²) in [6, 6.07) is 14.7. The maximum absolute atomic E-state index is 5.74. The van der Waals surface area contributed by atoms with Gasteiger partial charge in [-0.15, -0.1) is 0 Å². The van der Waals surface area contributed by atoms with Crippen LogP contribution in [-0.2, 0) is 6.42 Å². The lowest BCUT2D eigenvalue weighted by atomic mass is 9.96. The molecule has 1 atom stereocenters. The van der Waals surface area contributed by atoms with Crippen molar-refractivity contribution in [2.24, 2.45) is 5.84 Å². The van der Waals surface area contributed by atoms with Crippen LogP contribution in [0.3, 0.4) is 0 Å². The zero-order valence-corrected chi connectivity index (χ0v) is 12.3. The predicted octanol–water partition coefficient (Wildman–Crippen LogP) is 3.06. The van der Waals surface area contributed by atoms with E-state index < -0.39 is 0 Å². The van der Waals surface area contributed by atoms with Crippen LogP contribution in [0.25, 0.3) is 0 Å². The number of rotatable bonds is 5. The van der Waals surface area contributed by atoms with Crippen molar-refractivity contribution in [2.45, 2.75) is 26.3 Å². The average molecular weight is 270 g/mol. The fourth-order valence-corrected chi connectivity index (χ4v) is 2.39. The van der Waals surface area contributed by atoms with E-state index in [2.05, 4.69) is 54.8 Å². The second-order valence-electron chi connectivity index (χ2n) is 5.08. The van der Waals surface area contributed by atoms with Crippen molar-refractivity contribution in [1.82, 2.24) is 5.43 Å². The summed E-state index contributed by atoms with van der Waals surface area (Å²) in [6.07, 6.45) is 0.857. The molecule has 3 N–H and O–H groups in total. The van der Waals surface area contributed by atoms with Gasteiger partial charge in [0.05, 0.1) is 13.2 Å². The second kappa shape index (κ2) is 6.55. The number of benzene rings is 2. The second-order valence-corrected chi connectivity index (χ2v) is 5.08. The first-order valence-corrected chi connectivity index (χ1v) is 6.81. The highest BCUT2D eigenvalue weighted by Crippen LogP contribution is 2.25. The van der Waals surface area contributed by atoms with Gasteiger partial charge in [-0.1, -0.05) is 36.4 Å². The zero-order valence-electron chi connectivity index (χ0n) is 12.3. The summed E-state index contributed by atoms with van der Waals surface area (Å²) >= 11 is 0. The molecule has 20 heavy (non-hydrogen) atoms. The minimum absolute atomic E-state index is 0.0746. The predicted molar refractivity (Wildman–Crippen MR) is 82.7 cm³/mol. The Bertz CT molecular complexity index is 581. The standard InChI is InChI=1S/C17H22N2O/c1-12-6-4-5-7-14(12)10-16(19-18)15-9-8-13(2)17(11-15)20-3/h4-9,11,16,19H,10,18H2,1-3H3. The molecule has 0 bridgehead atoms. The minimum atomic E-state index is 0.0746. The number of aryl methyl sites for hydroxylation is 2. The van der Waals surface area contributed by atoms with Gasteiger partial charge in [0, 0.05) is 0 Å². The molecule has 0 radical (unpaired) electrons. The molecule has 106 valence electrons. The van der Waals surface area contributed by atoms with Gasteiger partial charge in [0.1, 0.15) is 5.75 Å². The van der Waals surface area contributed by atoms with Crippen LogP contribution in [0.4, 0.5) is 0 Å². The van der Waals surface area contributed by atoms with Crippen LogP contribution >= 0.6 is 0 Å². The van der Waals surface area contributed by atoms with E-state index in [4.69, 9.17) is 10.6 Å². The Hall–Kier alpha value is -1.84. The number of nitrogens with one attached hydrogen (secondary N) is 1. The van der Waals surface area contributed by atoms with Crippen LogP contribution in [-0.4, -0.2) is 7.11 Å². The van der Waals surface area contributed by atoms with Gasteiger partial charge in [-0.2, -0.15) is 0 Å². The van der Waals surface area contributed by atoms with Crippen molar-refractivity contribution < 1.29 is 4.74 Å². The van der Waals surface area contributed by atoms with Crippen molar-refractivity contribution in [3.05, 3.63) is 64.7 Å². The molecule has 2 aromatic carbocycles. The maximum Gasteiger partial charge on any atom is 0.122 e. The highest BCUT2D eigenvalue weighted by molar-refractivity contribution is 5.39. The monoisotopic (exact) mass is 270 g/mol. The summed E-state index contributed by atoms with van der Waals surface area (Å²) in [5, 5.41) is 0. The number of hydrogen-bond acceptors (Lipinski definition) is 3. The van der Waals surface area contributed by atoms with Gasteiger partial charge in [-0.25, -0.2) is 0 Å². The summed E-state index contributed by atoms with van der Waals surface area (Å²) in [5.41, 5.74) is 7.76. The van der Waals surface area contributed by atoms with Gasteiger partial charge in [0.2, 0.25) is 0 Å². The SMILES string of the molecule is COc1cc(C(Cc2ccccc2C)NN)ccc1C. The lowest BCUT2D eigenvalue weighted by molar-refractivity contribution is 0.410. The molecule has 1 unspecified atom stereocenters. The molecular weight excluding hydrogens is 248 g/mol. The highest BCUT2D eigenvalue weighted by Gasteiger charge is 2.13. The van der Waals surface area contributed by atoms with Gasteiger partial charge in [-0.05, 0) is 48.6 Å². The van der Waals surface area contributed by atoms with Crippen LogP contribution in [0.15, 0.2) is 42.5 Å². The quantitative estimate of drug-likeness (QED) is 0.648. The number of hydrazine groups is 1. The number of hydrogen-bond donors (Lipinski definition) is 2. The molecular formula is C17H22N2O. The van der Waals surface area contributed by atoms with E-state index in [0.717, 1.165) is 23.3 Å². The van der Waals surface area contributed by atoms with Gasteiger partial charge in [0.15, 0.2) is 0 Å². The molecule has 0 heterocycles. The van der Waals surface area contributed by atoms with Crippen molar-refractivity contribution >= 4 is 0 Å². The molecule has 0 aliphatic heterocycles. The highest BCUT2D eigenvalue weighted by atomic mass is 16.5. The first kappa shape index (κ1) is 14.6. The van der Waals surface area contributed by atoms with Crippen LogP contribution in [0, 0.1) is 13.8 Å². The lowest BCUT2D eigenvalue weighted by Gasteiger charge is -2.19. The molecule has 0 saturated carbocycles. The average Bonchev–Trinajstić information content (AvgIpc) is 2.47. The molecule has 2 rings (SSSR count). The molecule has 0 fully saturated rings. The molecule has 3 heteroatoms. The molecule has 0 aliphatic carbocycles. The zero-order chi connectivity index (χ0) is 14.5. The van der Waals surface area contributed by atoms with Crippen LogP contribution in [0.5, 0.6) is 5.75 Å². The normalized spacial score (nSPS) is 12.2. The molecule has 0 saturated heterocycles. The van der Waals surface area contributed by atoms with E-state index in [1.54, 1.807) is 7.11 Å². The Morgan fingerprint density at radius 2 is 1.85 bits per heavy atom. The van der Waals surface area contributed by atoms with Gasteiger partial charge in [-0.3, -0.25) is 11.3 Å². The lowest BCUT2D eigenvalue weighted by Crippen LogP contribution is -2.29. The molecule has 0 aromatic heterocycles. The summed E-state index contributed by atoms with van der Waals surface area (Å²) in [5.74, 6) is 6.64. The van der Waals surface area contributed by atoms with Gasteiger partial charge < -0.3 is 4.74 Å². The smallest absolute Gasteiger partial charge is 0.122 e. The molecule has 2 aromatic rings. The van der Waals surface area contributed by atoms with E-state index in [0.29, 0.717) is 0 Å². The summed E-state index contributed by atoms with van der Waals surface area (Å²) in [7, 11) is 1.69.